The second-order valence-corrected chi connectivity index (χ2v) is 8.78. The monoisotopic (exact) mass is 394 g/mol. The van der Waals surface area contributed by atoms with Crippen LogP contribution in [0.1, 0.15) is 69.3 Å². The van der Waals surface area contributed by atoms with E-state index in [9.17, 15) is 9.59 Å². The molecular weight excluding hydrogens is 364 g/mol. The van der Waals surface area contributed by atoms with E-state index in [-0.39, 0.29) is 23.6 Å². The van der Waals surface area contributed by atoms with E-state index in [1.54, 1.807) is 0 Å². The van der Waals surface area contributed by atoms with Crippen LogP contribution in [0.4, 0.5) is 0 Å². The highest BCUT2D eigenvalue weighted by Gasteiger charge is 2.33. The van der Waals surface area contributed by atoms with Gasteiger partial charge in [-0.05, 0) is 50.8 Å². The van der Waals surface area contributed by atoms with Crippen molar-refractivity contribution in [3.63, 3.8) is 0 Å². The van der Waals surface area contributed by atoms with Crippen molar-refractivity contribution >= 4 is 16.8 Å². The van der Waals surface area contributed by atoms with Gasteiger partial charge >= 0.3 is 0 Å². The number of carbonyl (C=O) groups excluding carboxylic acids is 1. The first-order chi connectivity index (χ1) is 14.2. The Hall–Kier alpha value is -2.21. The molecule has 3 heterocycles. The zero-order chi connectivity index (χ0) is 19.8. The van der Waals surface area contributed by atoms with Crippen LogP contribution < -0.4 is 5.56 Å². The molecule has 6 heteroatoms. The maximum atomic E-state index is 13.5. The van der Waals surface area contributed by atoms with Crippen LogP contribution in [-0.2, 0) is 4.79 Å². The van der Waals surface area contributed by atoms with Gasteiger partial charge in [0.25, 0.3) is 5.56 Å². The van der Waals surface area contributed by atoms with Gasteiger partial charge in [-0.25, -0.2) is 4.98 Å². The van der Waals surface area contributed by atoms with Gasteiger partial charge in [0.2, 0.25) is 5.91 Å². The van der Waals surface area contributed by atoms with Gasteiger partial charge in [0.1, 0.15) is 5.82 Å². The first-order valence-corrected chi connectivity index (χ1v) is 11.3. The predicted octanol–water partition coefficient (Wildman–Crippen LogP) is 3.27. The van der Waals surface area contributed by atoms with Crippen molar-refractivity contribution in [1.82, 2.24) is 19.4 Å². The van der Waals surface area contributed by atoms with Gasteiger partial charge < -0.3 is 4.90 Å². The quantitative estimate of drug-likeness (QED) is 0.781. The summed E-state index contributed by atoms with van der Waals surface area (Å²) in [5.41, 5.74) is 0.933. The van der Waals surface area contributed by atoms with E-state index < -0.39 is 0 Å². The summed E-state index contributed by atoms with van der Waals surface area (Å²) >= 11 is 0. The molecule has 3 fully saturated rings. The van der Waals surface area contributed by atoms with E-state index in [0.717, 1.165) is 75.0 Å². The number of fused-ring (bicyclic) bond motifs is 1. The number of hydrogen-bond donors (Lipinski definition) is 0. The van der Waals surface area contributed by atoms with Crippen LogP contribution in [0, 0.1) is 0 Å². The number of nitrogens with zero attached hydrogens (tertiary/aromatic N) is 4. The Kier molecular flexibility index (Phi) is 5.12. The van der Waals surface area contributed by atoms with E-state index in [1.165, 1.54) is 12.8 Å². The van der Waals surface area contributed by atoms with Crippen molar-refractivity contribution in [2.24, 2.45) is 0 Å². The molecule has 6 nitrogen and oxygen atoms in total. The number of amides is 1. The van der Waals surface area contributed by atoms with Crippen LogP contribution in [0.2, 0.25) is 0 Å². The molecule has 2 aromatic rings. The molecule has 0 N–H and O–H groups in total. The van der Waals surface area contributed by atoms with E-state index in [0.29, 0.717) is 6.42 Å². The molecule has 1 aromatic heterocycles. The fourth-order valence-electron chi connectivity index (χ4n) is 5.49. The highest BCUT2D eigenvalue weighted by Crippen LogP contribution is 2.36. The fraction of sp³-hybridized carbons (Fsp3) is 0.609. The number of carbonyl (C=O) groups is 1. The molecule has 1 aliphatic carbocycles. The molecule has 1 atom stereocenters. The Morgan fingerprint density at radius 3 is 2.55 bits per heavy atom. The summed E-state index contributed by atoms with van der Waals surface area (Å²) in [6.07, 6.45) is 8.34. The molecular formula is C23H30N4O2. The van der Waals surface area contributed by atoms with E-state index in [1.807, 2.05) is 33.7 Å². The molecule has 5 rings (SSSR count). The van der Waals surface area contributed by atoms with E-state index >= 15 is 0 Å². The Bertz CT molecular complexity index is 963. The lowest BCUT2D eigenvalue weighted by Crippen LogP contribution is -2.38. The molecule has 0 spiro atoms. The van der Waals surface area contributed by atoms with Crippen molar-refractivity contribution < 1.29 is 4.79 Å². The average Bonchev–Trinajstić information content (AvgIpc) is 3.48. The third-order valence-electron chi connectivity index (χ3n) is 7.02. The van der Waals surface area contributed by atoms with Crippen LogP contribution >= 0.6 is 0 Å². The molecule has 3 aliphatic rings. The zero-order valence-electron chi connectivity index (χ0n) is 17.1. The van der Waals surface area contributed by atoms with Crippen molar-refractivity contribution in [1.29, 1.82) is 0 Å². The van der Waals surface area contributed by atoms with Gasteiger partial charge in [-0.3, -0.25) is 19.1 Å². The van der Waals surface area contributed by atoms with E-state index in [2.05, 4.69) is 4.90 Å². The summed E-state index contributed by atoms with van der Waals surface area (Å²) < 4.78 is 2.04. The van der Waals surface area contributed by atoms with Crippen LogP contribution in [0.3, 0.4) is 0 Å². The number of hydrogen-bond acceptors (Lipinski definition) is 4. The van der Waals surface area contributed by atoms with Gasteiger partial charge in [-0.2, -0.15) is 0 Å². The van der Waals surface area contributed by atoms with Crippen LogP contribution in [-0.4, -0.2) is 51.4 Å². The van der Waals surface area contributed by atoms with Crippen LogP contribution in [0.15, 0.2) is 29.1 Å². The summed E-state index contributed by atoms with van der Waals surface area (Å²) in [4.78, 5) is 35.0. The Labute approximate surface area is 171 Å². The van der Waals surface area contributed by atoms with Gasteiger partial charge in [0.05, 0.1) is 16.9 Å². The molecule has 154 valence electrons. The molecule has 0 bridgehead atoms. The SMILES string of the molecule is O=C1CCCN1CCN1CCCC1c1nc2ccccc2c(=O)n1C1CCCC1. The van der Waals surface area contributed by atoms with E-state index in [4.69, 9.17) is 4.98 Å². The molecule has 1 aromatic carbocycles. The number of para-hydroxylation sites is 1. The van der Waals surface area contributed by atoms with Crippen LogP contribution in [0.25, 0.3) is 10.9 Å². The molecule has 2 saturated heterocycles. The average molecular weight is 395 g/mol. The third-order valence-corrected chi connectivity index (χ3v) is 7.02. The Balaban J connectivity index is 1.49. The molecule has 1 amide bonds. The largest absolute Gasteiger partial charge is 0.341 e. The minimum Gasteiger partial charge on any atom is -0.341 e. The number of aromatic nitrogens is 2. The van der Waals surface area contributed by atoms with Crippen molar-refractivity contribution in [2.75, 3.05) is 26.2 Å². The topological polar surface area (TPSA) is 58.4 Å². The normalized spacial score (nSPS) is 23.7. The second kappa shape index (κ2) is 7.90. The van der Waals surface area contributed by atoms with Gasteiger partial charge in [0, 0.05) is 32.1 Å². The highest BCUT2D eigenvalue weighted by molar-refractivity contribution is 5.78. The van der Waals surface area contributed by atoms with Gasteiger partial charge in [-0.1, -0.05) is 25.0 Å². The second-order valence-electron chi connectivity index (χ2n) is 8.78. The lowest BCUT2D eigenvalue weighted by molar-refractivity contribution is -0.127. The maximum absolute atomic E-state index is 13.5. The summed E-state index contributed by atoms with van der Waals surface area (Å²) in [5, 5.41) is 0.732. The van der Waals surface area contributed by atoms with Gasteiger partial charge in [-0.15, -0.1) is 0 Å². The maximum Gasteiger partial charge on any atom is 0.261 e. The molecule has 29 heavy (non-hydrogen) atoms. The smallest absolute Gasteiger partial charge is 0.261 e. The molecule has 2 aliphatic heterocycles. The molecule has 0 radical (unpaired) electrons. The predicted molar refractivity (Wildman–Crippen MR) is 113 cm³/mol. The first kappa shape index (κ1) is 18.8. The highest BCUT2D eigenvalue weighted by atomic mass is 16.2. The Morgan fingerprint density at radius 1 is 0.931 bits per heavy atom. The van der Waals surface area contributed by atoms with Crippen molar-refractivity contribution in [3.05, 3.63) is 40.4 Å². The lowest BCUT2D eigenvalue weighted by Gasteiger charge is -2.29. The van der Waals surface area contributed by atoms with Crippen molar-refractivity contribution in [3.8, 4) is 0 Å². The number of benzene rings is 1. The lowest BCUT2D eigenvalue weighted by atomic mass is 10.1. The zero-order valence-corrected chi connectivity index (χ0v) is 17.1. The summed E-state index contributed by atoms with van der Waals surface area (Å²) in [6, 6.07) is 8.21. The minimum absolute atomic E-state index is 0.124. The molecule has 1 unspecified atom stereocenters. The number of likely N-dealkylation sites (tertiary alicyclic amines) is 2. The Morgan fingerprint density at radius 2 is 1.76 bits per heavy atom. The summed E-state index contributed by atoms with van der Waals surface area (Å²) in [5.74, 6) is 1.23. The van der Waals surface area contributed by atoms with Crippen LogP contribution in [0.5, 0.6) is 0 Å². The summed E-state index contributed by atoms with van der Waals surface area (Å²) in [6.45, 7) is 3.55. The number of rotatable bonds is 5. The molecule has 1 saturated carbocycles. The van der Waals surface area contributed by atoms with Crippen molar-refractivity contribution in [2.45, 2.75) is 63.5 Å². The minimum atomic E-state index is 0.124. The first-order valence-electron chi connectivity index (χ1n) is 11.3. The fourth-order valence-corrected chi connectivity index (χ4v) is 5.49. The standard InChI is InChI=1S/C23H30N4O2/c28-21-12-6-14-26(21)16-15-25-13-5-11-20(25)22-24-19-10-4-3-9-18(19)23(29)27(22)17-7-1-2-8-17/h3-4,9-10,17,20H,1-2,5-8,11-16H2. The van der Waals surface area contributed by atoms with Gasteiger partial charge in [0.15, 0.2) is 0 Å². The third kappa shape index (κ3) is 3.48. The summed E-state index contributed by atoms with van der Waals surface area (Å²) in [7, 11) is 0.